The van der Waals surface area contributed by atoms with Gasteiger partial charge in [0.1, 0.15) is 11.9 Å². The highest BCUT2D eigenvalue weighted by Crippen LogP contribution is 2.25. The van der Waals surface area contributed by atoms with Gasteiger partial charge in [-0.15, -0.1) is 11.3 Å². The molecule has 0 aliphatic rings. The third-order valence-corrected chi connectivity index (χ3v) is 6.47. The topological polar surface area (TPSA) is 88.9 Å². The lowest BCUT2D eigenvalue weighted by Crippen LogP contribution is -2.32. The standard InChI is InChI=1S/C27H23N5O2S/c1-32-22-15-9-8-14-21(22)29-25(32)24(18-10-4-2-5-11-18)30-23(33)16-20-17-35-27(28-20)31-26(34)19-12-6-3-7-13-19/h2-15,17,24H,16H2,1H3,(H,30,33)(H,28,31,34). The number of anilines is 1. The molecular formula is C27H23N5O2S. The van der Waals surface area contributed by atoms with E-state index in [0.717, 1.165) is 22.4 Å². The van der Waals surface area contributed by atoms with Crippen molar-refractivity contribution in [3.05, 3.63) is 113 Å². The molecule has 2 aromatic heterocycles. The molecular weight excluding hydrogens is 458 g/mol. The third kappa shape index (κ3) is 4.97. The molecule has 7 nitrogen and oxygen atoms in total. The fourth-order valence-electron chi connectivity index (χ4n) is 3.95. The van der Waals surface area contributed by atoms with Gasteiger partial charge in [0.15, 0.2) is 5.13 Å². The number of thiazole rings is 1. The van der Waals surface area contributed by atoms with E-state index >= 15 is 0 Å². The SMILES string of the molecule is Cn1c(C(NC(=O)Cc2csc(NC(=O)c3ccccc3)n2)c2ccccc2)nc2ccccc21. The molecule has 0 spiro atoms. The Bertz CT molecular complexity index is 1480. The van der Waals surface area contributed by atoms with Crippen molar-refractivity contribution in [2.75, 3.05) is 5.32 Å². The van der Waals surface area contributed by atoms with Crippen LogP contribution in [0.3, 0.4) is 0 Å². The summed E-state index contributed by atoms with van der Waals surface area (Å²) in [4.78, 5) is 34.7. The summed E-state index contributed by atoms with van der Waals surface area (Å²) >= 11 is 1.29. The fourth-order valence-corrected chi connectivity index (χ4v) is 4.65. The van der Waals surface area contributed by atoms with E-state index in [1.54, 1.807) is 29.6 Å². The Morgan fingerprint density at radius 1 is 0.914 bits per heavy atom. The first-order valence-corrected chi connectivity index (χ1v) is 12.0. The Hall–Kier alpha value is -4.30. The van der Waals surface area contributed by atoms with Crippen molar-refractivity contribution in [1.29, 1.82) is 0 Å². The second-order valence-electron chi connectivity index (χ2n) is 8.07. The summed E-state index contributed by atoms with van der Waals surface area (Å²) in [6.07, 6.45) is 0.0883. The van der Waals surface area contributed by atoms with Gasteiger partial charge in [0, 0.05) is 18.0 Å². The average molecular weight is 482 g/mol. The highest BCUT2D eigenvalue weighted by molar-refractivity contribution is 7.14. The zero-order valence-electron chi connectivity index (χ0n) is 19.0. The molecule has 1 atom stereocenters. The van der Waals surface area contributed by atoms with Crippen LogP contribution in [0.15, 0.2) is 90.3 Å². The van der Waals surface area contributed by atoms with Crippen LogP contribution >= 0.6 is 11.3 Å². The number of aryl methyl sites for hydroxylation is 1. The van der Waals surface area contributed by atoms with Crippen LogP contribution in [0.2, 0.25) is 0 Å². The number of nitrogens with one attached hydrogen (secondary N) is 2. The monoisotopic (exact) mass is 481 g/mol. The Kier molecular flexibility index (Phi) is 6.36. The number of para-hydroxylation sites is 2. The summed E-state index contributed by atoms with van der Waals surface area (Å²) in [6, 6.07) is 26.2. The molecule has 0 aliphatic heterocycles. The Balaban J connectivity index is 1.33. The lowest BCUT2D eigenvalue weighted by molar-refractivity contribution is -0.121. The van der Waals surface area contributed by atoms with Gasteiger partial charge in [0.25, 0.3) is 5.91 Å². The van der Waals surface area contributed by atoms with Gasteiger partial charge in [-0.25, -0.2) is 9.97 Å². The van der Waals surface area contributed by atoms with E-state index in [2.05, 4.69) is 15.6 Å². The minimum Gasteiger partial charge on any atom is -0.342 e. The number of hydrogen-bond donors (Lipinski definition) is 2. The summed E-state index contributed by atoms with van der Waals surface area (Å²) in [7, 11) is 1.95. The fraction of sp³-hybridized carbons (Fsp3) is 0.111. The van der Waals surface area contributed by atoms with Gasteiger partial charge >= 0.3 is 0 Å². The molecule has 1 unspecified atom stereocenters. The summed E-state index contributed by atoms with van der Waals surface area (Å²) in [6.45, 7) is 0. The summed E-state index contributed by atoms with van der Waals surface area (Å²) in [5.41, 5.74) is 3.95. The molecule has 35 heavy (non-hydrogen) atoms. The van der Waals surface area contributed by atoms with Crippen molar-refractivity contribution in [3.8, 4) is 0 Å². The number of hydrogen-bond acceptors (Lipinski definition) is 5. The van der Waals surface area contributed by atoms with Crippen molar-refractivity contribution in [2.24, 2.45) is 7.05 Å². The van der Waals surface area contributed by atoms with Crippen molar-refractivity contribution < 1.29 is 9.59 Å². The van der Waals surface area contributed by atoms with Crippen LogP contribution in [-0.4, -0.2) is 26.3 Å². The molecule has 0 bridgehead atoms. The van der Waals surface area contributed by atoms with Gasteiger partial charge in [-0.05, 0) is 29.8 Å². The predicted molar refractivity (Wildman–Crippen MR) is 137 cm³/mol. The number of fused-ring (bicyclic) bond motifs is 1. The third-order valence-electron chi connectivity index (χ3n) is 5.67. The van der Waals surface area contributed by atoms with Crippen molar-refractivity contribution in [1.82, 2.24) is 19.9 Å². The van der Waals surface area contributed by atoms with Gasteiger partial charge in [-0.1, -0.05) is 60.7 Å². The molecule has 0 saturated carbocycles. The lowest BCUT2D eigenvalue weighted by Gasteiger charge is -2.19. The van der Waals surface area contributed by atoms with Crippen LogP contribution in [0.5, 0.6) is 0 Å². The number of carbonyl (C=O) groups excluding carboxylic acids is 2. The Morgan fingerprint density at radius 2 is 1.60 bits per heavy atom. The summed E-state index contributed by atoms with van der Waals surface area (Å²) in [5, 5.41) is 8.16. The number of carbonyl (C=O) groups is 2. The van der Waals surface area contributed by atoms with Gasteiger partial charge in [-0.3, -0.25) is 14.9 Å². The van der Waals surface area contributed by atoms with E-state index in [0.29, 0.717) is 16.4 Å². The molecule has 5 aromatic rings. The van der Waals surface area contributed by atoms with Gasteiger partial charge in [0.2, 0.25) is 5.91 Å². The number of nitrogens with zero attached hydrogens (tertiary/aromatic N) is 3. The molecule has 0 radical (unpaired) electrons. The number of amides is 2. The quantitative estimate of drug-likeness (QED) is 0.352. The molecule has 5 rings (SSSR count). The van der Waals surface area contributed by atoms with Gasteiger partial charge in [0.05, 0.1) is 23.1 Å². The summed E-state index contributed by atoms with van der Waals surface area (Å²) in [5.74, 6) is 0.332. The highest BCUT2D eigenvalue weighted by atomic mass is 32.1. The zero-order chi connectivity index (χ0) is 24.2. The largest absolute Gasteiger partial charge is 0.342 e. The predicted octanol–water partition coefficient (Wildman–Crippen LogP) is 4.73. The van der Waals surface area contributed by atoms with Crippen LogP contribution in [0.1, 0.15) is 33.5 Å². The van der Waals surface area contributed by atoms with Gasteiger partial charge < -0.3 is 9.88 Å². The van der Waals surface area contributed by atoms with Crippen LogP contribution < -0.4 is 10.6 Å². The van der Waals surface area contributed by atoms with Crippen LogP contribution in [0.25, 0.3) is 11.0 Å². The van der Waals surface area contributed by atoms with E-state index in [1.807, 2.05) is 72.3 Å². The molecule has 174 valence electrons. The maximum absolute atomic E-state index is 13.1. The highest BCUT2D eigenvalue weighted by Gasteiger charge is 2.23. The first kappa shape index (κ1) is 22.5. The first-order valence-electron chi connectivity index (χ1n) is 11.1. The second-order valence-corrected chi connectivity index (χ2v) is 8.93. The zero-order valence-corrected chi connectivity index (χ0v) is 19.8. The Labute approximate surface area is 206 Å². The molecule has 0 saturated heterocycles. The number of rotatable bonds is 7. The number of imidazole rings is 1. The molecule has 8 heteroatoms. The average Bonchev–Trinajstić information content (AvgIpc) is 3.47. The van der Waals surface area contributed by atoms with E-state index in [4.69, 9.17) is 4.98 Å². The van der Waals surface area contributed by atoms with E-state index < -0.39 is 6.04 Å². The maximum atomic E-state index is 13.1. The first-order chi connectivity index (χ1) is 17.1. The van der Waals surface area contributed by atoms with Crippen molar-refractivity contribution in [2.45, 2.75) is 12.5 Å². The van der Waals surface area contributed by atoms with E-state index in [9.17, 15) is 9.59 Å². The van der Waals surface area contributed by atoms with Gasteiger partial charge in [-0.2, -0.15) is 0 Å². The normalized spacial score (nSPS) is 11.8. The maximum Gasteiger partial charge on any atom is 0.257 e. The molecule has 0 aliphatic carbocycles. The smallest absolute Gasteiger partial charge is 0.257 e. The molecule has 0 fully saturated rings. The van der Waals surface area contributed by atoms with E-state index in [-0.39, 0.29) is 18.2 Å². The minimum atomic E-state index is -0.419. The second kappa shape index (κ2) is 9.90. The molecule has 2 heterocycles. The van der Waals surface area contributed by atoms with E-state index in [1.165, 1.54) is 11.3 Å². The Morgan fingerprint density at radius 3 is 2.34 bits per heavy atom. The van der Waals surface area contributed by atoms with Crippen LogP contribution in [-0.2, 0) is 18.3 Å². The van der Waals surface area contributed by atoms with Crippen LogP contribution in [0.4, 0.5) is 5.13 Å². The van der Waals surface area contributed by atoms with Crippen molar-refractivity contribution in [3.63, 3.8) is 0 Å². The minimum absolute atomic E-state index is 0.0883. The molecule has 2 N–H and O–H groups in total. The molecule has 3 aromatic carbocycles. The molecule has 2 amide bonds. The number of benzene rings is 3. The summed E-state index contributed by atoms with van der Waals surface area (Å²) < 4.78 is 2.01. The number of aromatic nitrogens is 3. The lowest BCUT2D eigenvalue weighted by atomic mass is 10.1. The van der Waals surface area contributed by atoms with Crippen molar-refractivity contribution >= 4 is 39.3 Å². The van der Waals surface area contributed by atoms with Crippen LogP contribution in [0, 0.1) is 0 Å².